The highest BCUT2D eigenvalue weighted by Crippen LogP contribution is 2.31. The fourth-order valence-corrected chi connectivity index (χ4v) is 3.43. The molecule has 0 spiro atoms. The average Bonchev–Trinajstić information content (AvgIpc) is 3.32. The Balaban J connectivity index is 0.00000196. The number of hydrogen-bond donors (Lipinski definition) is 2. The number of aliphatic imine (C=N–C) groups is 1. The van der Waals surface area contributed by atoms with Crippen molar-refractivity contribution in [2.45, 2.75) is 19.0 Å². The summed E-state index contributed by atoms with van der Waals surface area (Å²) in [5.41, 5.74) is 7.91. The molecule has 1 aliphatic rings. The van der Waals surface area contributed by atoms with Crippen LogP contribution in [0.4, 0.5) is 0 Å². The zero-order valence-electron chi connectivity index (χ0n) is 13.9. The number of halogens is 1. The summed E-state index contributed by atoms with van der Waals surface area (Å²) >= 11 is 1.59. The van der Waals surface area contributed by atoms with Crippen molar-refractivity contribution in [1.29, 1.82) is 0 Å². The van der Waals surface area contributed by atoms with Crippen molar-refractivity contribution < 1.29 is 9.15 Å². The molecule has 0 saturated heterocycles. The van der Waals surface area contributed by atoms with Gasteiger partial charge in [0.2, 0.25) is 5.89 Å². The molecule has 0 fully saturated rings. The van der Waals surface area contributed by atoms with Crippen LogP contribution >= 0.6 is 35.3 Å². The standard InChI is InChI=1S/C18H18N4O2S.HI/c19-18(22-14-7-8-23-15-5-2-1-4-13(14)15)20-10-12-11-24-17(21-12)16-6-3-9-25-16;/h1-6,9,11,14H,7-8,10H2,(H3,19,20,22);1H. The van der Waals surface area contributed by atoms with Crippen LogP contribution in [0, 0.1) is 0 Å². The van der Waals surface area contributed by atoms with Crippen molar-refractivity contribution >= 4 is 41.3 Å². The highest BCUT2D eigenvalue weighted by Gasteiger charge is 2.21. The van der Waals surface area contributed by atoms with Crippen molar-refractivity contribution in [2.24, 2.45) is 10.7 Å². The third kappa shape index (κ3) is 4.18. The van der Waals surface area contributed by atoms with Gasteiger partial charge in [0.25, 0.3) is 0 Å². The summed E-state index contributed by atoms with van der Waals surface area (Å²) in [6, 6.07) is 12.0. The molecule has 0 aliphatic carbocycles. The van der Waals surface area contributed by atoms with Gasteiger partial charge >= 0.3 is 0 Å². The normalized spacial score (nSPS) is 16.3. The van der Waals surface area contributed by atoms with E-state index in [-0.39, 0.29) is 30.0 Å². The first-order valence-electron chi connectivity index (χ1n) is 8.06. The lowest BCUT2D eigenvalue weighted by Gasteiger charge is -2.26. The molecule has 2 aromatic heterocycles. The quantitative estimate of drug-likeness (QED) is 0.334. The molecule has 0 radical (unpaired) electrons. The van der Waals surface area contributed by atoms with Gasteiger partial charge in [0.15, 0.2) is 5.96 Å². The minimum absolute atomic E-state index is 0. The third-order valence-corrected chi connectivity index (χ3v) is 4.83. The van der Waals surface area contributed by atoms with Gasteiger partial charge in [-0.15, -0.1) is 35.3 Å². The number of para-hydroxylation sites is 1. The van der Waals surface area contributed by atoms with Crippen molar-refractivity contribution in [3.8, 4) is 16.5 Å². The van der Waals surface area contributed by atoms with Gasteiger partial charge in [-0.3, -0.25) is 0 Å². The van der Waals surface area contributed by atoms with E-state index in [1.165, 1.54) is 0 Å². The van der Waals surface area contributed by atoms with Crippen LogP contribution in [-0.4, -0.2) is 17.6 Å². The number of hydrogen-bond acceptors (Lipinski definition) is 5. The Labute approximate surface area is 172 Å². The molecule has 0 bridgehead atoms. The molecule has 1 unspecified atom stereocenters. The number of rotatable bonds is 4. The minimum atomic E-state index is 0. The SMILES string of the molecule is I.NC(=NCc1coc(-c2cccs2)n1)NC1CCOc2ccccc21. The predicted molar refractivity (Wildman–Crippen MR) is 113 cm³/mol. The van der Waals surface area contributed by atoms with Crippen LogP contribution < -0.4 is 15.8 Å². The summed E-state index contributed by atoms with van der Waals surface area (Å²) in [4.78, 5) is 9.82. The minimum Gasteiger partial charge on any atom is -0.493 e. The number of nitrogens with zero attached hydrogens (tertiary/aromatic N) is 2. The smallest absolute Gasteiger partial charge is 0.236 e. The first kappa shape index (κ1) is 18.7. The Morgan fingerprint density at radius 2 is 2.19 bits per heavy atom. The van der Waals surface area contributed by atoms with Gasteiger partial charge in [0, 0.05) is 12.0 Å². The summed E-state index contributed by atoms with van der Waals surface area (Å²) in [7, 11) is 0. The summed E-state index contributed by atoms with van der Waals surface area (Å²) in [6.07, 6.45) is 2.47. The molecule has 0 amide bonds. The van der Waals surface area contributed by atoms with E-state index in [0.717, 1.165) is 28.3 Å². The summed E-state index contributed by atoms with van der Waals surface area (Å²) in [5.74, 6) is 1.91. The fourth-order valence-electron chi connectivity index (χ4n) is 2.78. The molecule has 26 heavy (non-hydrogen) atoms. The zero-order valence-corrected chi connectivity index (χ0v) is 17.1. The number of ether oxygens (including phenoxy) is 1. The maximum atomic E-state index is 6.05. The second-order valence-electron chi connectivity index (χ2n) is 5.69. The van der Waals surface area contributed by atoms with Crippen LogP contribution in [0.5, 0.6) is 5.75 Å². The van der Waals surface area contributed by atoms with Gasteiger partial charge in [0.05, 0.1) is 24.1 Å². The number of oxazole rings is 1. The monoisotopic (exact) mass is 482 g/mol. The van der Waals surface area contributed by atoms with Crippen molar-refractivity contribution in [3.05, 3.63) is 59.3 Å². The molecule has 0 saturated carbocycles. The maximum absolute atomic E-state index is 6.05. The Hall–Kier alpha value is -2.07. The third-order valence-electron chi connectivity index (χ3n) is 3.98. The van der Waals surface area contributed by atoms with Crippen LogP contribution in [0.2, 0.25) is 0 Å². The first-order chi connectivity index (χ1) is 12.3. The molecule has 6 nitrogen and oxygen atoms in total. The number of guanidine groups is 1. The maximum Gasteiger partial charge on any atom is 0.236 e. The van der Waals surface area contributed by atoms with Crippen LogP contribution in [0.25, 0.3) is 10.8 Å². The molecule has 3 aromatic rings. The molecule has 4 rings (SSSR count). The molecule has 136 valence electrons. The van der Waals surface area contributed by atoms with Crippen LogP contribution in [0.15, 0.2) is 57.5 Å². The highest BCUT2D eigenvalue weighted by molar-refractivity contribution is 14.0. The molecule has 1 aromatic carbocycles. The first-order valence-corrected chi connectivity index (χ1v) is 8.94. The van der Waals surface area contributed by atoms with E-state index in [2.05, 4.69) is 15.3 Å². The van der Waals surface area contributed by atoms with E-state index in [0.29, 0.717) is 25.0 Å². The van der Waals surface area contributed by atoms with Crippen LogP contribution in [-0.2, 0) is 6.54 Å². The summed E-state index contributed by atoms with van der Waals surface area (Å²) in [6.45, 7) is 1.04. The molecule has 3 heterocycles. The molecule has 1 atom stereocenters. The number of thiophene rings is 1. The second kappa shape index (κ2) is 8.54. The summed E-state index contributed by atoms with van der Waals surface area (Å²) in [5, 5.41) is 5.26. The van der Waals surface area contributed by atoms with Gasteiger partial charge in [-0.2, -0.15) is 0 Å². The van der Waals surface area contributed by atoms with Gasteiger partial charge in [-0.1, -0.05) is 24.3 Å². The molecule has 1 aliphatic heterocycles. The topological polar surface area (TPSA) is 85.7 Å². The Morgan fingerprint density at radius 1 is 1.31 bits per heavy atom. The van der Waals surface area contributed by atoms with Crippen molar-refractivity contribution in [3.63, 3.8) is 0 Å². The Kier molecular flexibility index (Phi) is 6.15. The Bertz CT molecular complexity index is 879. The molecule has 3 N–H and O–H groups in total. The average molecular weight is 482 g/mol. The van der Waals surface area contributed by atoms with E-state index in [4.69, 9.17) is 14.9 Å². The van der Waals surface area contributed by atoms with E-state index in [1.807, 2.05) is 41.8 Å². The van der Waals surface area contributed by atoms with Crippen molar-refractivity contribution in [1.82, 2.24) is 10.3 Å². The highest BCUT2D eigenvalue weighted by atomic mass is 127. The van der Waals surface area contributed by atoms with Gasteiger partial charge in [-0.05, 0) is 17.5 Å². The summed E-state index contributed by atoms with van der Waals surface area (Å²) < 4.78 is 11.2. The van der Waals surface area contributed by atoms with Gasteiger partial charge in [0.1, 0.15) is 17.7 Å². The van der Waals surface area contributed by atoms with E-state index < -0.39 is 0 Å². The number of nitrogens with two attached hydrogens (primary N) is 1. The number of aromatic nitrogens is 1. The Morgan fingerprint density at radius 3 is 3.04 bits per heavy atom. The lowest BCUT2D eigenvalue weighted by atomic mass is 10.0. The molecular weight excluding hydrogens is 463 g/mol. The molecular formula is C18H19IN4O2S. The lowest BCUT2D eigenvalue weighted by molar-refractivity contribution is 0.262. The number of benzene rings is 1. The lowest BCUT2D eigenvalue weighted by Crippen LogP contribution is -2.37. The molecule has 8 heteroatoms. The van der Waals surface area contributed by atoms with E-state index in [1.54, 1.807) is 17.6 Å². The predicted octanol–water partition coefficient (Wildman–Crippen LogP) is 3.95. The fraction of sp³-hybridized carbons (Fsp3) is 0.222. The van der Waals surface area contributed by atoms with Crippen molar-refractivity contribution in [2.75, 3.05) is 6.61 Å². The second-order valence-corrected chi connectivity index (χ2v) is 6.64. The van der Waals surface area contributed by atoms with E-state index in [9.17, 15) is 0 Å². The van der Waals surface area contributed by atoms with Gasteiger partial charge in [-0.25, -0.2) is 9.98 Å². The van der Waals surface area contributed by atoms with E-state index >= 15 is 0 Å². The van der Waals surface area contributed by atoms with Crippen LogP contribution in [0.1, 0.15) is 23.7 Å². The largest absolute Gasteiger partial charge is 0.493 e. The van der Waals surface area contributed by atoms with Crippen LogP contribution in [0.3, 0.4) is 0 Å². The van der Waals surface area contributed by atoms with Gasteiger partial charge < -0.3 is 20.2 Å². The zero-order chi connectivity index (χ0) is 17.1. The number of fused-ring (bicyclic) bond motifs is 1. The number of nitrogens with one attached hydrogen (secondary N) is 1.